The van der Waals surface area contributed by atoms with Crippen molar-refractivity contribution in [3.8, 4) is 0 Å². The first-order chi connectivity index (χ1) is 10.4. The molecule has 1 heterocycles. The molecule has 1 fully saturated rings. The lowest BCUT2D eigenvalue weighted by Gasteiger charge is -2.18. The zero-order valence-corrected chi connectivity index (χ0v) is 13.8. The number of hydrogen-bond donors (Lipinski definition) is 2. The molecule has 1 aromatic carbocycles. The van der Waals surface area contributed by atoms with Gasteiger partial charge in [-0.1, -0.05) is 6.07 Å². The second kappa shape index (κ2) is 6.92. The maximum atomic E-state index is 12.5. The second-order valence-electron chi connectivity index (χ2n) is 6.11. The number of rotatable bonds is 5. The van der Waals surface area contributed by atoms with E-state index in [9.17, 15) is 9.59 Å². The monoisotopic (exact) mass is 303 g/mol. The van der Waals surface area contributed by atoms with E-state index in [-0.39, 0.29) is 17.9 Å². The number of anilines is 1. The molecule has 2 unspecified atom stereocenters. The van der Waals surface area contributed by atoms with Crippen molar-refractivity contribution in [1.29, 1.82) is 0 Å². The van der Waals surface area contributed by atoms with Crippen molar-refractivity contribution in [1.82, 2.24) is 10.6 Å². The predicted octanol–water partition coefficient (Wildman–Crippen LogP) is 1.38. The summed E-state index contributed by atoms with van der Waals surface area (Å²) in [6.45, 7) is 7.14. The number of carbonyl (C=O) groups is 2. The molecule has 120 valence electrons. The molecular weight excluding hydrogens is 278 g/mol. The molecule has 0 spiro atoms. The van der Waals surface area contributed by atoms with Gasteiger partial charge in [0.15, 0.2) is 0 Å². The van der Waals surface area contributed by atoms with Crippen LogP contribution in [0.4, 0.5) is 5.69 Å². The normalized spacial score (nSPS) is 19.4. The highest BCUT2D eigenvalue weighted by Gasteiger charge is 2.37. The fourth-order valence-electron chi connectivity index (χ4n) is 2.76. The van der Waals surface area contributed by atoms with Gasteiger partial charge in [-0.05, 0) is 57.5 Å². The van der Waals surface area contributed by atoms with Crippen LogP contribution in [-0.4, -0.2) is 38.0 Å². The first-order valence-electron chi connectivity index (χ1n) is 7.77. The lowest BCUT2D eigenvalue weighted by molar-refractivity contribution is -0.132. The molecule has 0 bridgehead atoms. The Morgan fingerprint density at radius 1 is 1.32 bits per heavy atom. The summed E-state index contributed by atoms with van der Waals surface area (Å²) in [6, 6.07) is 6.26. The minimum Gasteiger partial charge on any atom is -0.354 e. The third-order valence-electron chi connectivity index (χ3n) is 4.12. The summed E-state index contributed by atoms with van der Waals surface area (Å²) in [7, 11) is 1.85. The first kappa shape index (κ1) is 16.5. The van der Waals surface area contributed by atoms with E-state index >= 15 is 0 Å². The van der Waals surface area contributed by atoms with Crippen molar-refractivity contribution in [2.24, 2.45) is 5.92 Å². The van der Waals surface area contributed by atoms with Gasteiger partial charge in [-0.15, -0.1) is 0 Å². The molecule has 2 amide bonds. The van der Waals surface area contributed by atoms with Crippen LogP contribution in [0.15, 0.2) is 18.2 Å². The Bertz CT molecular complexity index is 551. The zero-order chi connectivity index (χ0) is 16.3. The molecule has 5 nitrogen and oxygen atoms in total. The van der Waals surface area contributed by atoms with Gasteiger partial charge in [-0.2, -0.15) is 0 Å². The zero-order valence-electron chi connectivity index (χ0n) is 13.8. The molecule has 0 aromatic heterocycles. The first-order valence-corrected chi connectivity index (χ1v) is 7.77. The van der Waals surface area contributed by atoms with Crippen molar-refractivity contribution in [2.75, 3.05) is 25.0 Å². The Labute approximate surface area is 132 Å². The Balaban J connectivity index is 2.04. The molecule has 0 aliphatic carbocycles. The van der Waals surface area contributed by atoms with Crippen molar-refractivity contribution >= 4 is 17.5 Å². The molecule has 22 heavy (non-hydrogen) atoms. The van der Waals surface area contributed by atoms with Gasteiger partial charge in [0.2, 0.25) is 11.8 Å². The number of likely N-dealkylation sites (N-methyl/N-ethyl adjacent to an activating group) is 1. The minimum atomic E-state index is -0.565. The predicted molar refractivity (Wildman–Crippen MR) is 87.9 cm³/mol. The molecule has 1 aliphatic rings. The summed E-state index contributed by atoms with van der Waals surface area (Å²) >= 11 is 0. The fraction of sp³-hybridized carbons (Fsp3) is 0.529. The van der Waals surface area contributed by atoms with E-state index < -0.39 is 5.92 Å². The van der Waals surface area contributed by atoms with E-state index in [1.807, 2.05) is 40.0 Å². The van der Waals surface area contributed by atoms with Gasteiger partial charge in [-0.3, -0.25) is 9.59 Å². The smallest absolute Gasteiger partial charge is 0.239 e. The van der Waals surface area contributed by atoms with Crippen LogP contribution in [0, 0.1) is 19.8 Å². The number of benzene rings is 1. The fourth-order valence-corrected chi connectivity index (χ4v) is 2.76. The lowest BCUT2D eigenvalue weighted by Crippen LogP contribution is -2.42. The van der Waals surface area contributed by atoms with Crippen molar-refractivity contribution in [3.63, 3.8) is 0 Å². The van der Waals surface area contributed by atoms with E-state index in [0.717, 1.165) is 16.8 Å². The molecule has 1 aromatic rings. The van der Waals surface area contributed by atoms with E-state index in [1.165, 1.54) is 0 Å². The van der Waals surface area contributed by atoms with Crippen molar-refractivity contribution in [3.05, 3.63) is 29.3 Å². The van der Waals surface area contributed by atoms with E-state index in [0.29, 0.717) is 19.5 Å². The number of nitrogens with one attached hydrogen (secondary N) is 2. The summed E-state index contributed by atoms with van der Waals surface area (Å²) in [4.78, 5) is 26.5. The van der Waals surface area contributed by atoms with Crippen LogP contribution < -0.4 is 15.5 Å². The highest BCUT2D eigenvalue weighted by molar-refractivity contribution is 6.09. The van der Waals surface area contributed by atoms with E-state index in [4.69, 9.17) is 0 Å². The van der Waals surface area contributed by atoms with Crippen LogP contribution in [-0.2, 0) is 9.59 Å². The molecule has 2 atom stereocenters. The quantitative estimate of drug-likeness (QED) is 0.808. The minimum absolute atomic E-state index is 0.0976. The molecule has 2 rings (SSSR count). The molecule has 1 saturated heterocycles. The molecule has 5 heteroatoms. The maximum Gasteiger partial charge on any atom is 0.239 e. The summed E-state index contributed by atoms with van der Waals surface area (Å²) in [5, 5.41) is 5.91. The van der Waals surface area contributed by atoms with E-state index in [2.05, 4.69) is 16.7 Å². The molecule has 0 radical (unpaired) electrons. The topological polar surface area (TPSA) is 61.4 Å². The third kappa shape index (κ3) is 3.65. The molecule has 0 saturated carbocycles. The summed E-state index contributed by atoms with van der Waals surface area (Å²) < 4.78 is 0. The largest absolute Gasteiger partial charge is 0.354 e. The average Bonchev–Trinajstić information content (AvgIpc) is 2.85. The number of amides is 2. The Hall–Kier alpha value is -1.88. The number of carbonyl (C=O) groups excluding carboxylic acids is 2. The van der Waals surface area contributed by atoms with Gasteiger partial charge in [0.05, 0.1) is 0 Å². The Kier molecular flexibility index (Phi) is 5.19. The third-order valence-corrected chi connectivity index (χ3v) is 4.12. The summed E-state index contributed by atoms with van der Waals surface area (Å²) in [6.07, 6.45) is 0.575. The van der Waals surface area contributed by atoms with Gasteiger partial charge < -0.3 is 15.5 Å². The maximum absolute atomic E-state index is 12.5. The van der Waals surface area contributed by atoms with Crippen molar-refractivity contribution < 1.29 is 9.59 Å². The lowest BCUT2D eigenvalue weighted by atomic mass is 10.1. The van der Waals surface area contributed by atoms with Gasteiger partial charge in [-0.25, -0.2) is 0 Å². The Morgan fingerprint density at radius 3 is 2.55 bits per heavy atom. The number of aryl methyl sites for hydroxylation is 2. The van der Waals surface area contributed by atoms with E-state index in [1.54, 1.807) is 4.90 Å². The van der Waals surface area contributed by atoms with Gasteiger partial charge >= 0.3 is 0 Å². The SMILES string of the molecule is CNC(C)CNC(=O)C1CCN(c2cc(C)cc(C)c2)C1=O. The number of nitrogens with zero attached hydrogens (tertiary/aromatic N) is 1. The van der Waals surface area contributed by atoms with Crippen LogP contribution in [0.5, 0.6) is 0 Å². The summed E-state index contributed by atoms with van der Waals surface area (Å²) in [5.41, 5.74) is 3.14. The van der Waals surface area contributed by atoms with Gasteiger partial charge in [0, 0.05) is 24.8 Å². The standard InChI is InChI=1S/C17H25N3O2/c1-11-7-12(2)9-14(8-11)20-6-5-15(17(20)22)16(21)19-10-13(3)18-4/h7-9,13,15,18H,5-6,10H2,1-4H3,(H,19,21). The molecular formula is C17H25N3O2. The van der Waals surface area contributed by atoms with Crippen LogP contribution in [0.1, 0.15) is 24.5 Å². The highest BCUT2D eigenvalue weighted by Crippen LogP contribution is 2.27. The van der Waals surface area contributed by atoms with Crippen LogP contribution in [0.25, 0.3) is 0 Å². The summed E-state index contributed by atoms with van der Waals surface area (Å²) in [5.74, 6) is -0.830. The Morgan fingerprint density at radius 2 is 1.95 bits per heavy atom. The molecule has 2 N–H and O–H groups in total. The molecule has 1 aliphatic heterocycles. The van der Waals surface area contributed by atoms with Gasteiger partial charge in [0.25, 0.3) is 0 Å². The van der Waals surface area contributed by atoms with Crippen LogP contribution in [0.3, 0.4) is 0 Å². The van der Waals surface area contributed by atoms with Crippen LogP contribution >= 0.6 is 0 Å². The van der Waals surface area contributed by atoms with Gasteiger partial charge in [0.1, 0.15) is 5.92 Å². The average molecular weight is 303 g/mol. The highest BCUT2D eigenvalue weighted by atomic mass is 16.2. The number of hydrogen-bond acceptors (Lipinski definition) is 3. The van der Waals surface area contributed by atoms with Crippen molar-refractivity contribution in [2.45, 2.75) is 33.2 Å². The van der Waals surface area contributed by atoms with Crippen LogP contribution in [0.2, 0.25) is 0 Å². The second-order valence-corrected chi connectivity index (χ2v) is 6.11.